The predicted molar refractivity (Wildman–Crippen MR) is 63.2 cm³/mol. The van der Waals surface area contributed by atoms with E-state index in [-0.39, 0.29) is 5.91 Å². The smallest absolute Gasteiger partial charge is 0.271 e. The molecule has 84 valence electrons. The lowest BCUT2D eigenvalue weighted by atomic mass is 10.2. The molecule has 0 aromatic heterocycles. The van der Waals surface area contributed by atoms with E-state index in [0.29, 0.717) is 5.56 Å². The van der Waals surface area contributed by atoms with Gasteiger partial charge in [0, 0.05) is 18.7 Å². The quantitative estimate of drug-likeness (QED) is 0.473. The van der Waals surface area contributed by atoms with Crippen molar-refractivity contribution < 1.29 is 4.79 Å². The van der Waals surface area contributed by atoms with Gasteiger partial charge in [0.05, 0.1) is 0 Å². The van der Waals surface area contributed by atoms with Crippen molar-refractivity contribution in [3.63, 3.8) is 0 Å². The number of rotatable bonds is 3. The fraction of sp³-hybridized carbons (Fsp3) is 0.333. The highest BCUT2D eigenvalue weighted by molar-refractivity contribution is 5.94. The zero-order valence-electron chi connectivity index (χ0n) is 9.10. The summed E-state index contributed by atoms with van der Waals surface area (Å²) in [7, 11) is 0. The van der Waals surface area contributed by atoms with E-state index in [1.54, 1.807) is 18.5 Å². The highest BCUT2D eigenvalue weighted by Gasteiger charge is 2.07. The normalized spacial score (nSPS) is 15.6. The van der Waals surface area contributed by atoms with Crippen molar-refractivity contribution in [2.75, 3.05) is 13.1 Å². The Morgan fingerprint density at radius 2 is 1.94 bits per heavy atom. The zero-order chi connectivity index (χ0) is 11.2. The Kier molecular flexibility index (Phi) is 3.53. The molecule has 4 heteroatoms. The van der Waals surface area contributed by atoms with Crippen molar-refractivity contribution in [2.24, 2.45) is 5.10 Å². The summed E-state index contributed by atoms with van der Waals surface area (Å²) in [6.07, 6.45) is 4.12. The number of carbonyl (C=O) groups is 1. The van der Waals surface area contributed by atoms with Crippen LogP contribution >= 0.6 is 0 Å². The lowest BCUT2D eigenvalue weighted by Gasteiger charge is -2.08. The summed E-state index contributed by atoms with van der Waals surface area (Å²) >= 11 is 0. The number of nitrogens with one attached hydrogen (secondary N) is 1. The largest absolute Gasteiger partial charge is 0.361 e. The molecule has 0 unspecified atom stereocenters. The number of likely N-dealkylation sites (tertiary alicyclic amines) is 1. The first kappa shape index (κ1) is 10.7. The number of amides is 1. The van der Waals surface area contributed by atoms with E-state index in [9.17, 15) is 4.79 Å². The summed E-state index contributed by atoms with van der Waals surface area (Å²) in [5.74, 6) is -0.170. The average Bonchev–Trinajstić information content (AvgIpc) is 2.83. The molecule has 4 nitrogen and oxygen atoms in total. The third kappa shape index (κ3) is 2.82. The van der Waals surface area contributed by atoms with E-state index in [1.165, 1.54) is 12.8 Å². The second-order valence-corrected chi connectivity index (χ2v) is 3.79. The van der Waals surface area contributed by atoms with Gasteiger partial charge in [-0.3, -0.25) is 4.79 Å². The zero-order valence-corrected chi connectivity index (χ0v) is 9.10. The molecule has 1 amide bonds. The second kappa shape index (κ2) is 5.30. The van der Waals surface area contributed by atoms with Crippen LogP contribution < -0.4 is 5.43 Å². The van der Waals surface area contributed by atoms with Crippen molar-refractivity contribution in [3.8, 4) is 0 Å². The number of hydrogen-bond acceptors (Lipinski definition) is 2. The lowest BCUT2D eigenvalue weighted by molar-refractivity contribution is 0.0954. The van der Waals surface area contributed by atoms with Crippen LogP contribution in [0.25, 0.3) is 0 Å². The minimum atomic E-state index is -0.170. The highest BCUT2D eigenvalue weighted by Crippen LogP contribution is 2.03. The molecule has 0 radical (unpaired) electrons. The highest BCUT2D eigenvalue weighted by atomic mass is 16.2. The molecule has 1 aliphatic rings. The van der Waals surface area contributed by atoms with Crippen molar-refractivity contribution in [1.29, 1.82) is 0 Å². The van der Waals surface area contributed by atoms with Crippen LogP contribution in [0.1, 0.15) is 23.2 Å². The van der Waals surface area contributed by atoms with Gasteiger partial charge in [-0.2, -0.15) is 5.10 Å². The van der Waals surface area contributed by atoms with Crippen LogP contribution in [-0.2, 0) is 0 Å². The van der Waals surface area contributed by atoms with E-state index in [1.807, 2.05) is 18.2 Å². The Hall–Kier alpha value is -1.84. The van der Waals surface area contributed by atoms with Crippen molar-refractivity contribution in [1.82, 2.24) is 10.3 Å². The van der Waals surface area contributed by atoms with Gasteiger partial charge >= 0.3 is 0 Å². The maximum absolute atomic E-state index is 11.6. The van der Waals surface area contributed by atoms with E-state index in [0.717, 1.165) is 13.1 Å². The molecule has 0 atom stereocenters. The number of benzene rings is 1. The fourth-order valence-electron chi connectivity index (χ4n) is 1.68. The molecule has 1 N–H and O–H groups in total. The maximum atomic E-state index is 11.6. The van der Waals surface area contributed by atoms with E-state index >= 15 is 0 Å². The Labute approximate surface area is 95.0 Å². The van der Waals surface area contributed by atoms with Gasteiger partial charge in [0.1, 0.15) is 6.34 Å². The molecule has 1 aliphatic heterocycles. The first-order valence-corrected chi connectivity index (χ1v) is 5.49. The molecule has 0 spiro atoms. The number of hydrazone groups is 1. The molecule has 0 aliphatic carbocycles. The van der Waals surface area contributed by atoms with Crippen LogP contribution in [-0.4, -0.2) is 30.2 Å². The Morgan fingerprint density at radius 1 is 1.25 bits per heavy atom. The van der Waals surface area contributed by atoms with Gasteiger partial charge in [0.15, 0.2) is 0 Å². The van der Waals surface area contributed by atoms with Crippen molar-refractivity contribution >= 4 is 12.2 Å². The average molecular weight is 217 g/mol. The molecule has 1 heterocycles. The van der Waals surface area contributed by atoms with Gasteiger partial charge < -0.3 is 4.90 Å². The molecule has 2 rings (SSSR count). The molecule has 0 saturated carbocycles. The Bertz CT molecular complexity index is 369. The standard InChI is InChI=1S/C12H15N3O/c16-12(11-6-2-1-3-7-11)14-13-10-15-8-4-5-9-15/h1-3,6-7,10H,4-5,8-9H2,(H,14,16). The summed E-state index contributed by atoms with van der Waals surface area (Å²) in [5.41, 5.74) is 3.14. The van der Waals surface area contributed by atoms with E-state index in [4.69, 9.17) is 0 Å². The van der Waals surface area contributed by atoms with E-state index in [2.05, 4.69) is 15.4 Å². The Balaban J connectivity index is 1.83. The summed E-state index contributed by atoms with van der Waals surface area (Å²) in [4.78, 5) is 13.7. The molecular weight excluding hydrogens is 202 g/mol. The Morgan fingerprint density at radius 3 is 2.62 bits per heavy atom. The van der Waals surface area contributed by atoms with Gasteiger partial charge in [-0.05, 0) is 25.0 Å². The van der Waals surface area contributed by atoms with E-state index < -0.39 is 0 Å². The SMILES string of the molecule is O=C(NN=CN1CCCC1)c1ccccc1. The van der Waals surface area contributed by atoms with Gasteiger partial charge in [0.2, 0.25) is 0 Å². The second-order valence-electron chi connectivity index (χ2n) is 3.79. The van der Waals surface area contributed by atoms with Crippen LogP contribution in [0.5, 0.6) is 0 Å². The van der Waals surface area contributed by atoms with Crippen LogP contribution in [0.4, 0.5) is 0 Å². The van der Waals surface area contributed by atoms with Crippen molar-refractivity contribution in [3.05, 3.63) is 35.9 Å². The molecule has 1 saturated heterocycles. The van der Waals surface area contributed by atoms with Crippen LogP contribution in [0.2, 0.25) is 0 Å². The molecule has 1 aromatic carbocycles. The minimum Gasteiger partial charge on any atom is -0.361 e. The predicted octanol–water partition coefficient (Wildman–Crippen LogP) is 1.46. The van der Waals surface area contributed by atoms with Gasteiger partial charge in [-0.1, -0.05) is 18.2 Å². The molecule has 1 aromatic rings. The maximum Gasteiger partial charge on any atom is 0.271 e. The summed E-state index contributed by atoms with van der Waals surface area (Å²) in [6, 6.07) is 9.07. The molecule has 1 fully saturated rings. The third-order valence-electron chi connectivity index (χ3n) is 2.56. The number of hydrogen-bond donors (Lipinski definition) is 1. The number of carbonyl (C=O) groups excluding carboxylic acids is 1. The first-order valence-electron chi connectivity index (χ1n) is 5.49. The topological polar surface area (TPSA) is 44.7 Å². The van der Waals surface area contributed by atoms with Crippen LogP contribution in [0.15, 0.2) is 35.4 Å². The number of nitrogens with zero attached hydrogens (tertiary/aromatic N) is 2. The van der Waals surface area contributed by atoms with Crippen LogP contribution in [0, 0.1) is 0 Å². The van der Waals surface area contributed by atoms with Gasteiger partial charge in [0.25, 0.3) is 5.91 Å². The summed E-state index contributed by atoms with van der Waals surface area (Å²) < 4.78 is 0. The monoisotopic (exact) mass is 217 g/mol. The molecule has 0 bridgehead atoms. The minimum absolute atomic E-state index is 0.170. The first-order chi connectivity index (χ1) is 7.86. The summed E-state index contributed by atoms with van der Waals surface area (Å²) in [6.45, 7) is 2.06. The van der Waals surface area contributed by atoms with Crippen LogP contribution in [0.3, 0.4) is 0 Å². The molecule has 16 heavy (non-hydrogen) atoms. The molecular formula is C12H15N3O. The van der Waals surface area contributed by atoms with Gasteiger partial charge in [-0.15, -0.1) is 0 Å². The third-order valence-corrected chi connectivity index (χ3v) is 2.56. The summed E-state index contributed by atoms with van der Waals surface area (Å²) in [5, 5.41) is 3.93. The fourth-order valence-corrected chi connectivity index (χ4v) is 1.68. The van der Waals surface area contributed by atoms with Crippen molar-refractivity contribution in [2.45, 2.75) is 12.8 Å². The van der Waals surface area contributed by atoms with Gasteiger partial charge in [-0.25, -0.2) is 5.43 Å². The lowest BCUT2D eigenvalue weighted by Crippen LogP contribution is -2.22.